The molecule has 14 nitrogen and oxygen atoms in total. The van der Waals surface area contributed by atoms with Gasteiger partial charge in [-0.25, -0.2) is 39.9 Å². The van der Waals surface area contributed by atoms with Gasteiger partial charge in [0.1, 0.15) is 17.5 Å². The molecule has 8 rings (SSSR count). The Morgan fingerprint density at radius 1 is 0.723 bits per heavy atom. The maximum absolute atomic E-state index is 11.3. The second-order valence-corrected chi connectivity index (χ2v) is 12.6. The van der Waals surface area contributed by atoms with Gasteiger partial charge in [-0.05, 0) is 60.2 Å². The van der Waals surface area contributed by atoms with Crippen LogP contribution in [-0.4, -0.2) is 89.0 Å². The maximum atomic E-state index is 11.3. The Balaban J connectivity index is 0.000000146. The summed E-state index contributed by atoms with van der Waals surface area (Å²) in [6.45, 7) is 4.30. The highest BCUT2D eigenvalue weighted by Gasteiger charge is 2.46. The number of fused-ring (bicyclic) bond motifs is 2. The zero-order valence-electron chi connectivity index (χ0n) is 25.1. The number of anilines is 4. The SMILES string of the molecule is Nc1ccnc(-c2cnc(N3CC4CC4C3)nc2)n1.O=C(CCl)Nc1ccnc(-c2cnc(N3CC4CC4C3)nc2)n1.O=C(Cl)CCl. The summed E-state index contributed by atoms with van der Waals surface area (Å²) in [7, 11) is 0. The van der Waals surface area contributed by atoms with E-state index in [4.69, 9.17) is 40.5 Å². The summed E-state index contributed by atoms with van der Waals surface area (Å²) in [5, 5.41) is 2.09. The Hall–Kier alpha value is -4.27. The molecule has 1 amide bonds. The van der Waals surface area contributed by atoms with Crippen molar-refractivity contribution >= 4 is 69.5 Å². The number of hydrogen-bond acceptors (Lipinski definition) is 13. The zero-order valence-corrected chi connectivity index (χ0v) is 27.4. The first-order valence-corrected chi connectivity index (χ1v) is 16.4. The highest BCUT2D eigenvalue weighted by atomic mass is 35.5. The molecule has 4 aromatic rings. The number of nitrogens with zero attached hydrogens (tertiary/aromatic N) is 10. The van der Waals surface area contributed by atoms with E-state index in [1.807, 2.05) is 0 Å². The van der Waals surface area contributed by atoms with Crippen molar-refractivity contribution in [3.63, 3.8) is 0 Å². The van der Waals surface area contributed by atoms with Crippen LogP contribution >= 0.6 is 34.8 Å². The van der Waals surface area contributed by atoms with Crippen molar-refractivity contribution in [2.24, 2.45) is 23.7 Å². The van der Waals surface area contributed by atoms with Gasteiger partial charge in [-0.3, -0.25) is 9.59 Å². The van der Waals surface area contributed by atoms with Crippen molar-refractivity contribution in [3.8, 4) is 22.8 Å². The van der Waals surface area contributed by atoms with Crippen molar-refractivity contribution in [2.75, 3.05) is 58.8 Å². The van der Waals surface area contributed by atoms with Crippen molar-refractivity contribution < 1.29 is 9.59 Å². The molecule has 0 bridgehead atoms. The lowest BCUT2D eigenvalue weighted by Gasteiger charge is -2.17. The molecule has 2 aliphatic heterocycles. The van der Waals surface area contributed by atoms with Crippen LogP contribution in [0.25, 0.3) is 22.8 Å². The minimum Gasteiger partial charge on any atom is -0.384 e. The number of amides is 1. The lowest BCUT2D eigenvalue weighted by molar-refractivity contribution is -0.114. The minimum absolute atomic E-state index is 0.0957. The van der Waals surface area contributed by atoms with Gasteiger partial charge in [-0.15, -0.1) is 23.2 Å². The monoisotopic (exact) mass is 696 g/mol. The van der Waals surface area contributed by atoms with Gasteiger partial charge in [0.25, 0.3) is 0 Å². The first-order chi connectivity index (χ1) is 22.8. The van der Waals surface area contributed by atoms with Crippen LogP contribution in [0.2, 0.25) is 0 Å². The highest BCUT2D eigenvalue weighted by Crippen LogP contribution is 2.46. The van der Waals surface area contributed by atoms with E-state index in [-0.39, 0.29) is 17.7 Å². The molecule has 0 spiro atoms. The number of nitrogen functional groups attached to an aromatic ring is 1. The summed E-state index contributed by atoms with van der Waals surface area (Å²) in [6, 6.07) is 3.27. The summed E-state index contributed by atoms with van der Waals surface area (Å²) in [5.41, 5.74) is 7.15. The van der Waals surface area contributed by atoms with Crippen molar-refractivity contribution in [1.82, 2.24) is 39.9 Å². The zero-order chi connectivity index (χ0) is 32.9. The second kappa shape index (κ2) is 14.7. The maximum Gasteiger partial charge on any atom is 0.240 e. The van der Waals surface area contributed by atoms with Gasteiger partial charge in [0, 0.05) is 63.4 Å². The first kappa shape index (κ1) is 32.7. The fourth-order valence-corrected chi connectivity index (χ4v) is 5.65. The molecule has 47 heavy (non-hydrogen) atoms. The Bertz CT molecular complexity index is 1700. The summed E-state index contributed by atoms with van der Waals surface area (Å²) in [5.74, 6) is 6.36. The molecule has 6 heterocycles. The average Bonchev–Trinajstić information content (AvgIpc) is 3.94. The Labute approximate surface area is 285 Å². The molecule has 4 fully saturated rings. The molecule has 2 aliphatic carbocycles. The number of alkyl halides is 2. The van der Waals surface area contributed by atoms with Crippen LogP contribution in [0.3, 0.4) is 0 Å². The molecule has 0 aromatic carbocycles. The van der Waals surface area contributed by atoms with Crippen LogP contribution in [0.4, 0.5) is 23.5 Å². The number of carbonyl (C=O) groups is 2. The Kier molecular flexibility index (Phi) is 10.2. The van der Waals surface area contributed by atoms with Crippen LogP contribution in [0, 0.1) is 23.7 Å². The highest BCUT2D eigenvalue weighted by molar-refractivity contribution is 6.67. The summed E-state index contributed by atoms with van der Waals surface area (Å²) in [6.07, 6.45) is 12.9. The van der Waals surface area contributed by atoms with Crippen LogP contribution in [-0.2, 0) is 9.59 Å². The van der Waals surface area contributed by atoms with Gasteiger partial charge < -0.3 is 20.9 Å². The molecule has 2 saturated carbocycles. The van der Waals surface area contributed by atoms with E-state index < -0.39 is 5.24 Å². The van der Waals surface area contributed by atoms with Gasteiger partial charge in [0.2, 0.25) is 23.0 Å². The van der Waals surface area contributed by atoms with Crippen LogP contribution in [0.5, 0.6) is 0 Å². The predicted octanol–water partition coefficient (Wildman–Crippen LogP) is 3.53. The van der Waals surface area contributed by atoms with E-state index in [0.717, 1.165) is 67.3 Å². The van der Waals surface area contributed by atoms with Gasteiger partial charge in [-0.1, -0.05) is 0 Å². The molecule has 0 radical (unpaired) electrons. The lowest BCUT2D eigenvalue weighted by Crippen LogP contribution is -2.23. The second-order valence-electron chi connectivity index (χ2n) is 11.6. The third-order valence-corrected chi connectivity index (χ3v) is 8.90. The first-order valence-electron chi connectivity index (χ1n) is 15.0. The summed E-state index contributed by atoms with van der Waals surface area (Å²) < 4.78 is 0. The van der Waals surface area contributed by atoms with E-state index in [2.05, 4.69) is 55.0 Å². The third kappa shape index (κ3) is 8.56. The third-order valence-electron chi connectivity index (χ3n) is 8.14. The van der Waals surface area contributed by atoms with Crippen molar-refractivity contribution in [1.29, 1.82) is 0 Å². The van der Waals surface area contributed by atoms with Gasteiger partial charge >= 0.3 is 0 Å². The van der Waals surface area contributed by atoms with Gasteiger partial charge in [0.05, 0.1) is 17.0 Å². The number of halogens is 3. The Morgan fingerprint density at radius 3 is 1.60 bits per heavy atom. The lowest BCUT2D eigenvalue weighted by atomic mass is 10.3. The number of aromatic nitrogens is 8. The number of piperidine rings is 2. The van der Waals surface area contributed by atoms with E-state index in [0.29, 0.717) is 28.8 Å². The number of carbonyl (C=O) groups excluding carboxylic acids is 2. The molecule has 4 atom stereocenters. The molecule has 4 aromatic heterocycles. The summed E-state index contributed by atoms with van der Waals surface area (Å²) in [4.78, 5) is 59.7. The quantitative estimate of drug-likeness (QED) is 0.212. The molecule has 4 unspecified atom stereocenters. The van der Waals surface area contributed by atoms with Crippen LogP contribution < -0.4 is 20.9 Å². The van der Waals surface area contributed by atoms with Gasteiger partial charge in [0.15, 0.2) is 11.6 Å². The van der Waals surface area contributed by atoms with E-state index in [1.165, 1.54) is 12.8 Å². The number of nitrogens with one attached hydrogen (secondary N) is 1. The summed E-state index contributed by atoms with van der Waals surface area (Å²) >= 11 is 15.0. The predicted molar refractivity (Wildman–Crippen MR) is 179 cm³/mol. The van der Waals surface area contributed by atoms with Crippen molar-refractivity contribution in [3.05, 3.63) is 49.3 Å². The smallest absolute Gasteiger partial charge is 0.240 e. The minimum atomic E-state index is -0.508. The molecule has 4 aliphatic rings. The molecule has 244 valence electrons. The fourth-order valence-electron chi connectivity index (χ4n) is 5.58. The standard InChI is InChI=1S/C15H15ClN6O.C13H14N6.C2H2Cl2O/c16-4-13(23)20-12-1-2-17-14(21-12)11-5-18-15(19-6-11)22-7-9-3-10(9)8-22;14-11-1-2-15-12(18-11)10-4-16-13(17-5-10)19-6-8-3-9(8)7-19;3-1-2(4)5/h1-2,5-6,9-10H,3-4,7-8H2,(H,17,20,21,23);1-2,4-5,8-9H,3,6-7H2,(H2,14,15,18);1H2. The number of nitrogens with two attached hydrogens (primary N) is 1. The van der Waals surface area contributed by atoms with E-state index in [1.54, 1.807) is 49.3 Å². The van der Waals surface area contributed by atoms with E-state index in [9.17, 15) is 9.59 Å². The molecule has 17 heteroatoms. The topological polar surface area (TPSA) is 182 Å². The molecule has 3 N–H and O–H groups in total. The largest absolute Gasteiger partial charge is 0.384 e. The van der Waals surface area contributed by atoms with E-state index >= 15 is 0 Å². The van der Waals surface area contributed by atoms with Crippen LogP contribution in [0.1, 0.15) is 12.8 Å². The van der Waals surface area contributed by atoms with Crippen molar-refractivity contribution in [2.45, 2.75) is 12.8 Å². The van der Waals surface area contributed by atoms with Gasteiger partial charge in [-0.2, -0.15) is 0 Å². The molecular formula is C30H31Cl3N12O2. The van der Waals surface area contributed by atoms with Crippen LogP contribution in [0.15, 0.2) is 49.3 Å². The fraction of sp³-hybridized carbons (Fsp3) is 0.400. The molecular weight excluding hydrogens is 667 g/mol. The number of hydrogen-bond donors (Lipinski definition) is 2. The number of rotatable bonds is 7. The average molecular weight is 698 g/mol. The normalized spacial score (nSPS) is 21.3. The Morgan fingerprint density at radius 2 is 1.17 bits per heavy atom. The molecule has 2 saturated heterocycles.